The summed E-state index contributed by atoms with van der Waals surface area (Å²) in [6.07, 6.45) is 14.0. The molecule has 1 nitrogen and oxygen atoms in total. The summed E-state index contributed by atoms with van der Waals surface area (Å²) >= 11 is 0. The minimum Gasteiger partial charge on any atom is -0.325 e. The van der Waals surface area contributed by atoms with E-state index in [4.69, 9.17) is 5.73 Å². The van der Waals surface area contributed by atoms with Crippen molar-refractivity contribution in [2.24, 2.45) is 17.6 Å². The molecule has 0 heterocycles. The first-order chi connectivity index (χ1) is 7.99. The van der Waals surface area contributed by atoms with Crippen LogP contribution in [0.3, 0.4) is 0 Å². The molecule has 0 spiro atoms. The van der Waals surface area contributed by atoms with Crippen LogP contribution in [0, 0.1) is 11.8 Å². The highest BCUT2D eigenvalue weighted by atomic mass is 14.7. The van der Waals surface area contributed by atoms with Gasteiger partial charge in [0, 0.05) is 11.5 Å². The Bertz CT molecular complexity index is 371. The zero-order chi connectivity index (χ0) is 12.5. The minimum atomic E-state index is -0.0601. The third kappa shape index (κ3) is 2.90. The first-order valence-corrected chi connectivity index (χ1v) is 6.82. The van der Waals surface area contributed by atoms with Crippen LogP contribution >= 0.6 is 0 Å². The van der Waals surface area contributed by atoms with Gasteiger partial charge in [0.15, 0.2) is 0 Å². The maximum absolute atomic E-state index is 6.51. The van der Waals surface area contributed by atoms with Gasteiger partial charge in [-0.3, -0.25) is 0 Å². The lowest BCUT2D eigenvalue weighted by Crippen LogP contribution is -2.46. The molecular weight excluding hydrogens is 206 g/mol. The molecule has 0 aromatic heterocycles. The SMILES string of the molecule is CC1=CC(C2=CC(C)C=CCC2)C(C)(N)CC1. The molecule has 1 heteroatoms. The molecule has 3 unspecified atom stereocenters. The summed E-state index contributed by atoms with van der Waals surface area (Å²) in [5, 5.41) is 0. The second-order valence-corrected chi connectivity index (χ2v) is 6.06. The Morgan fingerprint density at radius 2 is 2.06 bits per heavy atom. The first kappa shape index (κ1) is 12.6. The fourth-order valence-electron chi connectivity index (χ4n) is 3.01. The van der Waals surface area contributed by atoms with Gasteiger partial charge < -0.3 is 5.73 Å². The molecule has 0 amide bonds. The lowest BCUT2D eigenvalue weighted by molar-refractivity contribution is 0.336. The molecule has 0 bridgehead atoms. The molecule has 2 N–H and O–H groups in total. The van der Waals surface area contributed by atoms with E-state index in [1.165, 1.54) is 12.0 Å². The van der Waals surface area contributed by atoms with Gasteiger partial charge in [0.05, 0.1) is 0 Å². The van der Waals surface area contributed by atoms with Gasteiger partial charge in [-0.1, -0.05) is 42.4 Å². The maximum atomic E-state index is 6.51. The molecule has 2 aliphatic rings. The normalized spacial score (nSPS) is 38.4. The Morgan fingerprint density at radius 3 is 2.82 bits per heavy atom. The van der Waals surface area contributed by atoms with E-state index in [1.807, 2.05) is 0 Å². The molecule has 2 rings (SSSR count). The average Bonchev–Trinajstić information content (AvgIpc) is 2.46. The van der Waals surface area contributed by atoms with Crippen LogP contribution in [0.1, 0.15) is 46.5 Å². The summed E-state index contributed by atoms with van der Waals surface area (Å²) in [6, 6.07) is 0. The van der Waals surface area contributed by atoms with Crippen LogP contribution in [0.2, 0.25) is 0 Å². The highest BCUT2D eigenvalue weighted by Gasteiger charge is 2.33. The molecule has 0 radical (unpaired) electrons. The minimum absolute atomic E-state index is 0.0601. The maximum Gasteiger partial charge on any atom is 0.0230 e. The second kappa shape index (κ2) is 4.81. The van der Waals surface area contributed by atoms with Crippen molar-refractivity contribution in [1.29, 1.82) is 0 Å². The lowest BCUT2D eigenvalue weighted by Gasteiger charge is -2.38. The van der Waals surface area contributed by atoms with Crippen molar-refractivity contribution < 1.29 is 0 Å². The van der Waals surface area contributed by atoms with E-state index in [1.54, 1.807) is 5.57 Å². The van der Waals surface area contributed by atoms with Gasteiger partial charge in [-0.2, -0.15) is 0 Å². The summed E-state index contributed by atoms with van der Waals surface area (Å²) in [5.41, 5.74) is 9.50. The van der Waals surface area contributed by atoms with Crippen molar-refractivity contribution in [3.05, 3.63) is 35.5 Å². The molecule has 0 saturated heterocycles. The summed E-state index contributed by atoms with van der Waals surface area (Å²) in [6.45, 7) is 6.71. The summed E-state index contributed by atoms with van der Waals surface area (Å²) in [7, 11) is 0. The summed E-state index contributed by atoms with van der Waals surface area (Å²) in [4.78, 5) is 0. The van der Waals surface area contributed by atoms with Gasteiger partial charge in [0.25, 0.3) is 0 Å². The summed E-state index contributed by atoms with van der Waals surface area (Å²) < 4.78 is 0. The first-order valence-electron chi connectivity index (χ1n) is 6.82. The van der Waals surface area contributed by atoms with Gasteiger partial charge in [0.1, 0.15) is 0 Å². The van der Waals surface area contributed by atoms with Crippen LogP contribution in [-0.4, -0.2) is 5.54 Å². The van der Waals surface area contributed by atoms with Crippen molar-refractivity contribution in [2.45, 2.75) is 52.0 Å². The van der Waals surface area contributed by atoms with Gasteiger partial charge in [-0.15, -0.1) is 0 Å². The molecule has 94 valence electrons. The van der Waals surface area contributed by atoms with Crippen molar-refractivity contribution in [3.63, 3.8) is 0 Å². The predicted molar refractivity (Wildman–Crippen MR) is 74.7 cm³/mol. The number of allylic oxidation sites excluding steroid dienone is 4. The van der Waals surface area contributed by atoms with E-state index < -0.39 is 0 Å². The highest BCUT2D eigenvalue weighted by Crippen LogP contribution is 2.37. The number of nitrogens with two attached hydrogens (primary N) is 1. The Morgan fingerprint density at radius 1 is 1.29 bits per heavy atom. The summed E-state index contributed by atoms with van der Waals surface area (Å²) in [5.74, 6) is 0.998. The monoisotopic (exact) mass is 231 g/mol. The van der Waals surface area contributed by atoms with Crippen molar-refractivity contribution >= 4 is 0 Å². The fourth-order valence-corrected chi connectivity index (χ4v) is 3.01. The van der Waals surface area contributed by atoms with Gasteiger partial charge in [-0.05, 0) is 45.4 Å². The third-order valence-electron chi connectivity index (χ3n) is 4.14. The van der Waals surface area contributed by atoms with E-state index in [9.17, 15) is 0 Å². The van der Waals surface area contributed by atoms with E-state index in [2.05, 4.69) is 45.1 Å². The average molecular weight is 231 g/mol. The Kier molecular flexibility index (Phi) is 3.58. The van der Waals surface area contributed by atoms with Gasteiger partial charge in [0.2, 0.25) is 0 Å². The number of rotatable bonds is 1. The van der Waals surface area contributed by atoms with Crippen LogP contribution in [0.15, 0.2) is 35.5 Å². The predicted octanol–water partition coefficient (Wildman–Crippen LogP) is 3.97. The standard InChI is InChI=1S/C16H25N/c1-12-6-4-5-7-14(10-12)15-11-13(2)8-9-16(15,3)17/h4,6,10-12,15H,5,7-9,17H2,1-3H3. The third-order valence-corrected chi connectivity index (χ3v) is 4.14. The van der Waals surface area contributed by atoms with Crippen molar-refractivity contribution in [3.8, 4) is 0 Å². The fraction of sp³-hybridized carbons (Fsp3) is 0.625. The smallest absolute Gasteiger partial charge is 0.0230 e. The van der Waals surface area contributed by atoms with Crippen LogP contribution in [0.4, 0.5) is 0 Å². The van der Waals surface area contributed by atoms with E-state index in [-0.39, 0.29) is 5.54 Å². The quantitative estimate of drug-likeness (QED) is 0.679. The molecule has 2 aliphatic carbocycles. The zero-order valence-corrected chi connectivity index (χ0v) is 11.4. The van der Waals surface area contributed by atoms with Gasteiger partial charge >= 0.3 is 0 Å². The number of hydrogen-bond donors (Lipinski definition) is 1. The molecule has 17 heavy (non-hydrogen) atoms. The van der Waals surface area contributed by atoms with E-state index in [0.29, 0.717) is 11.8 Å². The van der Waals surface area contributed by atoms with E-state index >= 15 is 0 Å². The van der Waals surface area contributed by atoms with Crippen LogP contribution in [0.25, 0.3) is 0 Å². The van der Waals surface area contributed by atoms with Gasteiger partial charge in [-0.25, -0.2) is 0 Å². The topological polar surface area (TPSA) is 26.0 Å². The van der Waals surface area contributed by atoms with Crippen LogP contribution < -0.4 is 5.73 Å². The zero-order valence-electron chi connectivity index (χ0n) is 11.4. The molecule has 0 aromatic carbocycles. The van der Waals surface area contributed by atoms with Crippen molar-refractivity contribution in [2.75, 3.05) is 0 Å². The second-order valence-electron chi connectivity index (χ2n) is 6.06. The van der Waals surface area contributed by atoms with Crippen LogP contribution in [-0.2, 0) is 0 Å². The van der Waals surface area contributed by atoms with Crippen LogP contribution in [0.5, 0.6) is 0 Å². The largest absolute Gasteiger partial charge is 0.325 e. The molecule has 0 aliphatic heterocycles. The van der Waals surface area contributed by atoms with E-state index in [0.717, 1.165) is 19.3 Å². The lowest BCUT2D eigenvalue weighted by atomic mass is 9.71. The molecule has 0 fully saturated rings. The van der Waals surface area contributed by atoms with Crippen molar-refractivity contribution in [1.82, 2.24) is 0 Å². The number of hydrogen-bond acceptors (Lipinski definition) is 1. The molecule has 3 atom stereocenters. The Hall–Kier alpha value is -0.820. The molecule has 0 saturated carbocycles. The molecule has 0 aromatic rings. The highest BCUT2D eigenvalue weighted by molar-refractivity contribution is 5.28. The Labute approximate surface area is 105 Å². The molecular formula is C16H25N. The Balaban J connectivity index is 2.28.